The number of hydrogen-bond acceptors (Lipinski definition) is 4. The molecule has 5 nitrogen and oxygen atoms in total. The lowest BCUT2D eigenvalue weighted by atomic mass is 9.85. The predicted molar refractivity (Wildman–Crippen MR) is 83.0 cm³/mol. The average molecular weight is 326 g/mol. The average Bonchev–Trinajstić information content (AvgIpc) is 2.55. The van der Waals surface area contributed by atoms with E-state index in [2.05, 4.69) is 0 Å². The van der Waals surface area contributed by atoms with Crippen LogP contribution in [0.25, 0.3) is 0 Å². The minimum Gasteiger partial charge on any atom is -0.469 e. The van der Waals surface area contributed by atoms with Crippen molar-refractivity contribution in [2.45, 2.75) is 31.7 Å². The quantitative estimate of drug-likeness (QED) is 0.798. The van der Waals surface area contributed by atoms with E-state index in [9.17, 15) is 9.59 Å². The molecule has 0 heterocycles. The largest absolute Gasteiger partial charge is 0.469 e. The second kappa shape index (κ2) is 7.49. The van der Waals surface area contributed by atoms with Gasteiger partial charge >= 0.3 is 12.1 Å². The van der Waals surface area contributed by atoms with Gasteiger partial charge in [0.1, 0.15) is 5.75 Å². The highest BCUT2D eigenvalue weighted by Crippen LogP contribution is 2.28. The fourth-order valence-electron chi connectivity index (χ4n) is 2.69. The van der Waals surface area contributed by atoms with E-state index >= 15 is 0 Å². The zero-order valence-corrected chi connectivity index (χ0v) is 13.5. The number of carbonyl (C=O) groups excluding carboxylic acids is 2. The summed E-state index contributed by atoms with van der Waals surface area (Å²) in [6.45, 7) is 0. The van der Waals surface area contributed by atoms with E-state index in [-0.39, 0.29) is 17.9 Å². The zero-order chi connectivity index (χ0) is 16.1. The minimum atomic E-state index is -0.399. The molecule has 0 unspecified atom stereocenters. The summed E-state index contributed by atoms with van der Waals surface area (Å²) in [6, 6.07) is 6.74. The molecule has 0 radical (unpaired) electrons. The van der Waals surface area contributed by atoms with Gasteiger partial charge in [-0.05, 0) is 49.9 Å². The standard InChI is InChI=1S/C16H20ClNO4/c1-18(13-7-3-11(4-8-13)15(19)21-2)16(20)22-14-9-5-12(17)6-10-14/h5-6,9-11,13H,3-4,7-8H2,1-2H3. The summed E-state index contributed by atoms with van der Waals surface area (Å²) in [7, 11) is 3.13. The first-order valence-electron chi connectivity index (χ1n) is 7.29. The van der Waals surface area contributed by atoms with Crippen molar-refractivity contribution in [2.24, 2.45) is 5.92 Å². The Labute approximate surface area is 135 Å². The SMILES string of the molecule is COC(=O)C1CCC(N(C)C(=O)Oc2ccc(Cl)cc2)CC1. The summed E-state index contributed by atoms with van der Waals surface area (Å²) >= 11 is 5.79. The van der Waals surface area contributed by atoms with Crippen molar-refractivity contribution in [2.75, 3.05) is 14.2 Å². The number of methoxy groups -OCH3 is 1. The lowest BCUT2D eigenvalue weighted by molar-refractivity contribution is -0.146. The highest BCUT2D eigenvalue weighted by Gasteiger charge is 2.31. The molecule has 1 amide bonds. The Hall–Kier alpha value is -1.75. The summed E-state index contributed by atoms with van der Waals surface area (Å²) in [6.07, 6.45) is 2.60. The maximum atomic E-state index is 12.1. The fraction of sp³-hybridized carbons (Fsp3) is 0.500. The summed E-state index contributed by atoms with van der Waals surface area (Å²) in [4.78, 5) is 25.3. The minimum absolute atomic E-state index is 0.0538. The van der Waals surface area contributed by atoms with Crippen molar-refractivity contribution in [1.29, 1.82) is 0 Å². The Kier molecular flexibility index (Phi) is 5.66. The molecular formula is C16H20ClNO4. The van der Waals surface area contributed by atoms with Crippen LogP contribution in [0.15, 0.2) is 24.3 Å². The molecule has 1 aliphatic rings. The third kappa shape index (κ3) is 4.13. The molecule has 22 heavy (non-hydrogen) atoms. The van der Waals surface area contributed by atoms with E-state index in [1.165, 1.54) is 7.11 Å². The zero-order valence-electron chi connectivity index (χ0n) is 12.8. The fourth-order valence-corrected chi connectivity index (χ4v) is 2.82. The maximum absolute atomic E-state index is 12.1. The van der Waals surface area contributed by atoms with Crippen molar-refractivity contribution in [3.05, 3.63) is 29.3 Å². The third-order valence-corrected chi connectivity index (χ3v) is 4.34. The van der Waals surface area contributed by atoms with Gasteiger partial charge in [0.05, 0.1) is 13.0 Å². The molecule has 6 heteroatoms. The Morgan fingerprint density at radius 1 is 1.14 bits per heavy atom. The van der Waals surface area contributed by atoms with Crippen LogP contribution >= 0.6 is 11.6 Å². The van der Waals surface area contributed by atoms with Gasteiger partial charge in [0.15, 0.2) is 0 Å². The van der Waals surface area contributed by atoms with E-state index < -0.39 is 6.09 Å². The van der Waals surface area contributed by atoms with Crippen LogP contribution in [0, 0.1) is 5.92 Å². The number of hydrogen-bond donors (Lipinski definition) is 0. The lowest BCUT2D eigenvalue weighted by Gasteiger charge is -2.33. The number of rotatable bonds is 3. The van der Waals surface area contributed by atoms with Crippen LogP contribution in [0.4, 0.5) is 4.79 Å². The van der Waals surface area contributed by atoms with Crippen molar-refractivity contribution >= 4 is 23.7 Å². The summed E-state index contributed by atoms with van der Waals surface area (Å²) < 4.78 is 10.1. The number of carbonyl (C=O) groups is 2. The van der Waals surface area contributed by atoms with E-state index in [1.807, 2.05) is 0 Å². The normalized spacial score (nSPS) is 21.0. The maximum Gasteiger partial charge on any atom is 0.415 e. The van der Waals surface area contributed by atoms with E-state index in [0.29, 0.717) is 10.8 Å². The predicted octanol–water partition coefficient (Wildman–Crippen LogP) is 3.50. The molecule has 1 aromatic carbocycles. The second-order valence-electron chi connectivity index (χ2n) is 5.46. The van der Waals surface area contributed by atoms with Crippen LogP contribution in [0.1, 0.15) is 25.7 Å². The molecule has 0 bridgehead atoms. The number of esters is 1. The van der Waals surface area contributed by atoms with Crippen molar-refractivity contribution in [1.82, 2.24) is 4.90 Å². The summed E-state index contributed by atoms with van der Waals surface area (Å²) in [5.41, 5.74) is 0. The molecule has 0 aromatic heterocycles. The molecular weight excluding hydrogens is 306 g/mol. The number of amides is 1. The Balaban J connectivity index is 1.86. The third-order valence-electron chi connectivity index (χ3n) is 4.09. The van der Waals surface area contributed by atoms with E-state index in [4.69, 9.17) is 21.1 Å². The van der Waals surface area contributed by atoms with Gasteiger partial charge in [-0.2, -0.15) is 0 Å². The molecule has 2 rings (SSSR count). The lowest BCUT2D eigenvalue weighted by Crippen LogP contribution is -2.41. The Morgan fingerprint density at radius 3 is 2.27 bits per heavy atom. The van der Waals surface area contributed by atoms with Gasteiger partial charge in [0.25, 0.3) is 0 Å². The van der Waals surface area contributed by atoms with Gasteiger partial charge in [0.2, 0.25) is 0 Å². The first-order valence-corrected chi connectivity index (χ1v) is 7.67. The van der Waals surface area contributed by atoms with E-state index in [1.54, 1.807) is 36.2 Å². The first kappa shape index (κ1) is 16.6. The second-order valence-corrected chi connectivity index (χ2v) is 5.90. The molecule has 0 aliphatic heterocycles. The highest BCUT2D eigenvalue weighted by atomic mass is 35.5. The molecule has 1 fully saturated rings. The number of nitrogens with zero attached hydrogens (tertiary/aromatic N) is 1. The van der Waals surface area contributed by atoms with Crippen molar-refractivity contribution in [3.63, 3.8) is 0 Å². The molecule has 0 atom stereocenters. The van der Waals surface area contributed by atoms with Crippen molar-refractivity contribution < 1.29 is 19.1 Å². The van der Waals surface area contributed by atoms with Gasteiger partial charge in [-0.3, -0.25) is 4.79 Å². The van der Waals surface area contributed by atoms with Gasteiger partial charge in [-0.1, -0.05) is 11.6 Å². The van der Waals surface area contributed by atoms with Gasteiger partial charge in [-0.25, -0.2) is 4.79 Å². The molecule has 120 valence electrons. The van der Waals surface area contributed by atoms with Gasteiger partial charge in [0, 0.05) is 18.1 Å². The van der Waals surface area contributed by atoms with Gasteiger partial charge in [-0.15, -0.1) is 0 Å². The van der Waals surface area contributed by atoms with Crippen LogP contribution in [-0.2, 0) is 9.53 Å². The number of ether oxygens (including phenoxy) is 2. The van der Waals surface area contributed by atoms with Crippen LogP contribution in [0.5, 0.6) is 5.75 Å². The van der Waals surface area contributed by atoms with Crippen LogP contribution in [0.3, 0.4) is 0 Å². The monoisotopic (exact) mass is 325 g/mol. The molecule has 0 spiro atoms. The highest BCUT2D eigenvalue weighted by molar-refractivity contribution is 6.30. The Morgan fingerprint density at radius 2 is 1.73 bits per heavy atom. The first-order chi connectivity index (χ1) is 10.5. The Bertz CT molecular complexity index is 523. The smallest absolute Gasteiger partial charge is 0.415 e. The number of benzene rings is 1. The summed E-state index contributed by atoms with van der Waals surface area (Å²) in [5.74, 6) is 0.247. The molecule has 0 N–H and O–H groups in total. The topological polar surface area (TPSA) is 55.8 Å². The van der Waals surface area contributed by atoms with Crippen LogP contribution in [-0.4, -0.2) is 37.2 Å². The van der Waals surface area contributed by atoms with Crippen molar-refractivity contribution in [3.8, 4) is 5.75 Å². The summed E-state index contributed by atoms with van der Waals surface area (Å²) in [5, 5.41) is 0.592. The van der Waals surface area contributed by atoms with E-state index in [0.717, 1.165) is 25.7 Å². The molecule has 1 aliphatic carbocycles. The van der Waals surface area contributed by atoms with Gasteiger partial charge < -0.3 is 14.4 Å². The molecule has 0 saturated heterocycles. The molecule has 1 saturated carbocycles. The van der Waals surface area contributed by atoms with Crippen LogP contribution in [0.2, 0.25) is 5.02 Å². The van der Waals surface area contributed by atoms with Crippen LogP contribution < -0.4 is 4.74 Å². The number of halogens is 1. The molecule has 1 aromatic rings.